The summed E-state index contributed by atoms with van der Waals surface area (Å²) in [6.45, 7) is 5.76. The predicted molar refractivity (Wildman–Crippen MR) is 74.9 cm³/mol. The Kier molecular flexibility index (Phi) is 14.8. The van der Waals surface area contributed by atoms with E-state index in [9.17, 15) is 5.11 Å². The molecule has 1 unspecified atom stereocenters. The van der Waals surface area contributed by atoms with Gasteiger partial charge in [-0.3, -0.25) is 0 Å². The number of hydrogen-bond donors (Lipinski definition) is 2. The van der Waals surface area contributed by atoms with Crippen molar-refractivity contribution < 1.29 is 14.6 Å². The lowest BCUT2D eigenvalue weighted by Gasteiger charge is -2.12. The summed E-state index contributed by atoms with van der Waals surface area (Å²) >= 11 is 0. The minimum Gasteiger partial charge on any atom is -0.389 e. The van der Waals surface area contributed by atoms with E-state index in [-0.39, 0.29) is 0 Å². The third-order valence-corrected chi connectivity index (χ3v) is 2.78. The molecule has 0 radical (unpaired) electrons. The van der Waals surface area contributed by atoms with Crippen molar-refractivity contribution in [2.45, 2.75) is 51.6 Å². The van der Waals surface area contributed by atoms with Crippen LogP contribution < -0.4 is 5.32 Å². The van der Waals surface area contributed by atoms with Crippen molar-refractivity contribution in [1.29, 1.82) is 0 Å². The fraction of sp³-hybridized carbons (Fsp3) is 1.00. The lowest BCUT2D eigenvalue weighted by Crippen LogP contribution is -2.31. The fourth-order valence-electron chi connectivity index (χ4n) is 1.67. The highest BCUT2D eigenvalue weighted by Gasteiger charge is 2.03. The van der Waals surface area contributed by atoms with Crippen LogP contribution in [0.25, 0.3) is 0 Å². The van der Waals surface area contributed by atoms with Gasteiger partial charge >= 0.3 is 0 Å². The molecule has 0 bridgehead atoms. The molecule has 110 valence electrons. The van der Waals surface area contributed by atoms with Crippen molar-refractivity contribution in [2.24, 2.45) is 0 Å². The van der Waals surface area contributed by atoms with Crippen LogP contribution in [0.5, 0.6) is 0 Å². The van der Waals surface area contributed by atoms with Crippen LogP contribution in [0.15, 0.2) is 0 Å². The third kappa shape index (κ3) is 13.9. The molecule has 0 saturated carbocycles. The van der Waals surface area contributed by atoms with Crippen LogP contribution in [0.3, 0.4) is 0 Å². The summed E-state index contributed by atoms with van der Waals surface area (Å²) in [6.07, 6.45) is 6.60. The van der Waals surface area contributed by atoms with Crippen LogP contribution >= 0.6 is 0 Å². The number of rotatable bonds is 14. The Morgan fingerprint density at radius 3 is 2.56 bits per heavy atom. The molecule has 2 N–H and O–H groups in total. The summed E-state index contributed by atoms with van der Waals surface area (Å²) in [5, 5.41) is 12.9. The number of hydrogen-bond acceptors (Lipinski definition) is 4. The van der Waals surface area contributed by atoms with Gasteiger partial charge in [-0.2, -0.15) is 0 Å². The minimum absolute atomic E-state index is 0.390. The molecule has 0 heterocycles. The molecule has 0 fully saturated rings. The van der Waals surface area contributed by atoms with Crippen LogP contribution in [-0.4, -0.2) is 51.2 Å². The molecular weight excluding hydrogens is 230 g/mol. The number of ether oxygens (including phenoxy) is 2. The predicted octanol–water partition coefficient (Wildman–Crippen LogP) is 1.96. The van der Waals surface area contributed by atoms with Crippen molar-refractivity contribution in [1.82, 2.24) is 5.32 Å². The molecule has 4 heteroatoms. The fourth-order valence-corrected chi connectivity index (χ4v) is 1.67. The van der Waals surface area contributed by atoms with Crippen LogP contribution in [0.2, 0.25) is 0 Å². The molecule has 1 atom stereocenters. The normalized spacial score (nSPS) is 12.8. The van der Waals surface area contributed by atoms with Gasteiger partial charge < -0.3 is 19.9 Å². The van der Waals surface area contributed by atoms with Gasteiger partial charge in [-0.05, 0) is 25.8 Å². The van der Waals surface area contributed by atoms with Crippen LogP contribution in [0.1, 0.15) is 45.4 Å². The summed E-state index contributed by atoms with van der Waals surface area (Å²) in [5.41, 5.74) is 0. The van der Waals surface area contributed by atoms with Gasteiger partial charge in [-0.1, -0.05) is 26.2 Å². The molecule has 0 spiro atoms. The highest BCUT2D eigenvalue weighted by atomic mass is 16.5. The van der Waals surface area contributed by atoms with E-state index in [0.717, 1.165) is 39.0 Å². The van der Waals surface area contributed by atoms with Gasteiger partial charge in [0.2, 0.25) is 0 Å². The number of unbranched alkanes of at least 4 members (excludes halogenated alkanes) is 4. The monoisotopic (exact) mass is 261 g/mol. The SMILES string of the molecule is CCCCCCOCC(O)CNCCCCOC. The number of aliphatic hydroxyl groups is 1. The molecular formula is C14H31NO3. The van der Waals surface area contributed by atoms with Gasteiger partial charge in [-0.15, -0.1) is 0 Å². The van der Waals surface area contributed by atoms with E-state index >= 15 is 0 Å². The molecule has 4 nitrogen and oxygen atoms in total. The Hall–Kier alpha value is -0.160. The highest BCUT2D eigenvalue weighted by molar-refractivity contribution is 4.58. The second-order valence-corrected chi connectivity index (χ2v) is 4.69. The van der Waals surface area contributed by atoms with Crippen molar-refractivity contribution in [3.05, 3.63) is 0 Å². The Bertz CT molecular complexity index is 140. The maximum absolute atomic E-state index is 9.64. The molecule has 0 rings (SSSR count). The average Bonchev–Trinajstić information content (AvgIpc) is 2.38. The average molecular weight is 261 g/mol. The smallest absolute Gasteiger partial charge is 0.0897 e. The van der Waals surface area contributed by atoms with Crippen molar-refractivity contribution in [2.75, 3.05) is 40.0 Å². The first-order valence-corrected chi connectivity index (χ1v) is 7.26. The summed E-state index contributed by atoms with van der Waals surface area (Å²) in [7, 11) is 1.72. The largest absolute Gasteiger partial charge is 0.389 e. The zero-order chi connectivity index (χ0) is 13.5. The summed E-state index contributed by atoms with van der Waals surface area (Å²) in [5.74, 6) is 0. The molecule has 0 amide bonds. The Morgan fingerprint density at radius 1 is 1.06 bits per heavy atom. The second-order valence-electron chi connectivity index (χ2n) is 4.69. The maximum Gasteiger partial charge on any atom is 0.0897 e. The third-order valence-electron chi connectivity index (χ3n) is 2.78. The van der Waals surface area contributed by atoms with E-state index in [4.69, 9.17) is 9.47 Å². The molecule has 0 aliphatic heterocycles. The summed E-state index contributed by atoms with van der Waals surface area (Å²) in [6, 6.07) is 0. The quantitative estimate of drug-likeness (QED) is 0.469. The van der Waals surface area contributed by atoms with E-state index in [2.05, 4.69) is 12.2 Å². The van der Waals surface area contributed by atoms with Crippen LogP contribution in [-0.2, 0) is 9.47 Å². The van der Waals surface area contributed by atoms with Gasteiger partial charge in [0.1, 0.15) is 0 Å². The summed E-state index contributed by atoms with van der Waals surface area (Å²) in [4.78, 5) is 0. The lowest BCUT2D eigenvalue weighted by atomic mass is 10.2. The van der Waals surface area contributed by atoms with Gasteiger partial charge in [0.25, 0.3) is 0 Å². The first kappa shape index (κ1) is 17.8. The Balaban J connectivity index is 3.10. The van der Waals surface area contributed by atoms with E-state index in [1.54, 1.807) is 7.11 Å². The minimum atomic E-state index is -0.390. The van der Waals surface area contributed by atoms with E-state index in [1.165, 1.54) is 19.3 Å². The Morgan fingerprint density at radius 2 is 1.83 bits per heavy atom. The van der Waals surface area contributed by atoms with Crippen LogP contribution in [0, 0.1) is 0 Å². The number of aliphatic hydroxyl groups excluding tert-OH is 1. The second kappa shape index (κ2) is 14.9. The highest BCUT2D eigenvalue weighted by Crippen LogP contribution is 1.99. The molecule has 0 aromatic carbocycles. The van der Waals surface area contributed by atoms with Crippen molar-refractivity contribution in [3.63, 3.8) is 0 Å². The topological polar surface area (TPSA) is 50.7 Å². The first-order valence-electron chi connectivity index (χ1n) is 7.26. The summed E-state index contributed by atoms with van der Waals surface area (Å²) < 4.78 is 10.4. The number of methoxy groups -OCH3 is 1. The van der Waals surface area contributed by atoms with Crippen molar-refractivity contribution in [3.8, 4) is 0 Å². The van der Waals surface area contributed by atoms with Crippen LogP contribution in [0.4, 0.5) is 0 Å². The number of nitrogens with one attached hydrogen (secondary N) is 1. The Labute approximate surface area is 112 Å². The maximum atomic E-state index is 9.64. The van der Waals surface area contributed by atoms with Gasteiger partial charge in [0, 0.05) is 26.9 Å². The van der Waals surface area contributed by atoms with Gasteiger partial charge in [0.15, 0.2) is 0 Å². The molecule has 0 aromatic rings. The van der Waals surface area contributed by atoms with Gasteiger partial charge in [-0.25, -0.2) is 0 Å². The van der Waals surface area contributed by atoms with E-state index < -0.39 is 6.10 Å². The zero-order valence-electron chi connectivity index (χ0n) is 12.1. The molecule has 0 aromatic heterocycles. The zero-order valence-corrected chi connectivity index (χ0v) is 12.1. The lowest BCUT2D eigenvalue weighted by molar-refractivity contribution is 0.0355. The molecule has 0 aliphatic rings. The van der Waals surface area contributed by atoms with Gasteiger partial charge in [0.05, 0.1) is 12.7 Å². The van der Waals surface area contributed by atoms with Crippen molar-refractivity contribution >= 4 is 0 Å². The standard InChI is InChI=1S/C14H31NO3/c1-3-4-5-7-11-18-13-14(16)12-15-9-6-8-10-17-2/h14-16H,3-13H2,1-2H3. The first-order chi connectivity index (χ1) is 8.81. The molecule has 0 saturated heterocycles. The van der Waals surface area contributed by atoms with E-state index in [1.807, 2.05) is 0 Å². The van der Waals surface area contributed by atoms with E-state index in [0.29, 0.717) is 13.2 Å². The molecule has 18 heavy (non-hydrogen) atoms. The molecule has 0 aliphatic carbocycles.